The first-order chi connectivity index (χ1) is 35.1. The summed E-state index contributed by atoms with van der Waals surface area (Å²) < 4.78 is 22.5. The molecular weight excluding hydrogens is 899 g/mol. The normalized spacial score (nSPS) is 13.8. The van der Waals surface area contributed by atoms with Crippen LogP contribution in [-0.4, -0.2) is 82.3 Å². The van der Waals surface area contributed by atoms with Crippen LogP contribution in [0.1, 0.15) is 187 Å². The lowest BCUT2D eigenvalue weighted by Gasteiger charge is -2.26. The molecule has 0 saturated carbocycles. The Morgan fingerprint density at radius 1 is 0.431 bits per heavy atom. The second-order valence-electron chi connectivity index (χ2n) is 19.1. The van der Waals surface area contributed by atoms with E-state index in [1.165, 1.54) is 44.9 Å². The number of aliphatic carboxylic acids is 1. The van der Waals surface area contributed by atoms with Crippen molar-refractivity contribution in [2.45, 2.75) is 200 Å². The van der Waals surface area contributed by atoms with Gasteiger partial charge >= 0.3 is 11.9 Å². The van der Waals surface area contributed by atoms with Gasteiger partial charge in [0.15, 0.2) is 12.4 Å². The first-order valence-electron chi connectivity index (χ1n) is 27.8. The fraction of sp³-hybridized carbons (Fsp3) is 0.603. The predicted molar refractivity (Wildman–Crippen MR) is 301 cm³/mol. The van der Waals surface area contributed by atoms with E-state index in [2.05, 4.69) is 148 Å². The molecule has 0 amide bonds. The molecule has 0 heterocycles. The third kappa shape index (κ3) is 53.2. The lowest BCUT2D eigenvalue weighted by molar-refractivity contribution is -0.870. The number of nitrogens with zero attached hydrogens (tertiary/aromatic N) is 1. The molecule has 0 spiro atoms. The molecule has 72 heavy (non-hydrogen) atoms. The van der Waals surface area contributed by atoms with Crippen LogP contribution in [0, 0.1) is 0 Å². The highest BCUT2D eigenvalue weighted by Crippen LogP contribution is 2.13. The Kier molecular flexibility index (Phi) is 49.4. The summed E-state index contributed by atoms with van der Waals surface area (Å²) in [5.74, 6) is -2.35. The van der Waals surface area contributed by atoms with Gasteiger partial charge in [0.2, 0.25) is 0 Å². The van der Waals surface area contributed by atoms with Crippen molar-refractivity contribution in [3.63, 3.8) is 0 Å². The predicted octanol–water partition coefficient (Wildman–Crippen LogP) is 14.9. The first kappa shape index (κ1) is 67.4. The van der Waals surface area contributed by atoms with E-state index in [-0.39, 0.29) is 38.6 Å². The fourth-order valence-electron chi connectivity index (χ4n) is 6.89. The Morgan fingerprint density at radius 2 is 0.792 bits per heavy atom. The summed E-state index contributed by atoms with van der Waals surface area (Å²) in [6.45, 7) is 4.54. The van der Waals surface area contributed by atoms with E-state index in [9.17, 15) is 19.5 Å². The van der Waals surface area contributed by atoms with Gasteiger partial charge in [-0.05, 0) is 96.3 Å². The molecule has 0 saturated heterocycles. The number of unbranched alkanes of at least 4 members (excludes halogenated alkanes) is 12. The summed E-state index contributed by atoms with van der Waals surface area (Å²) in [7, 11) is 5.89. The van der Waals surface area contributed by atoms with Gasteiger partial charge in [0.05, 0.1) is 40.3 Å². The number of ether oxygens (including phenoxy) is 4. The van der Waals surface area contributed by atoms with Crippen molar-refractivity contribution in [2.24, 2.45) is 0 Å². The molecule has 0 aromatic carbocycles. The van der Waals surface area contributed by atoms with Crippen molar-refractivity contribution >= 4 is 17.9 Å². The van der Waals surface area contributed by atoms with Gasteiger partial charge in [-0.2, -0.15) is 0 Å². The standard InChI is InChI=1S/C63H101NO8/c1-6-8-10-12-14-16-18-19-20-21-22-23-24-25-26-27-28-29-30-31-32-33-34-35-36-37-38-39-40-41-42-43-44-46-48-50-52-54-61(66)72-59(58-71-63(62(67)68)69-56-55-64(3,4)5)57-70-60(65)53-51-49-47-45-17-15-13-11-9-7-2/h8,10,14,16,19-20,22-23,25-26,28-29,31-32,34-35,37-38,40-41,43-44,59,63H,6-7,9,11-13,15,17-18,21,24,27,30,33,36,39,42,45-58H2,1-5H3/b10-8-,16-14-,20-19-,23-22-,26-25-,29-28-,32-31-,35-34-,38-37-,41-40-,44-43-. The van der Waals surface area contributed by atoms with Crippen LogP contribution in [-0.2, 0) is 33.3 Å². The molecule has 0 aromatic rings. The zero-order chi connectivity index (χ0) is 52.7. The molecular formula is C63H101NO8. The zero-order valence-electron chi connectivity index (χ0n) is 46.0. The number of hydrogen-bond acceptors (Lipinski definition) is 8. The lowest BCUT2D eigenvalue weighted by Crippen LogP contribution is -2.44. The average Bonchev–Trinajstić information content (AvgIpc) is 3.35. The number of carboxylic acid groups (broad SMARTS) is 1. The number of allylic oxidation sites excluding steroid dienone is 22. The van der Waals surface area contributed by atoms with Crippen molar-refractivity contribution in [1.29, 1.82) is 0 Å². The van der Waals surface area contributed by atoms with Gasteiger partial charge < -0.3 is 33.3 Å². The van der Waals surface area contributed by atoms with Gasteiger partial charge in [0, 0.05) is 12.8 Å². The summed E-state index contributed by atoms with van der Waals surface area (Å²) >= 11 is 0. The summed E-state index contributed by atoms with van der Waals surface area (Å²) in [5.41, 5.74) is 0. The number of rotatable bonds is 49. The van der Waals surface area contributed by atoms with E-state index in [0.29, 0.717) is 17.4 Å². The molecule has 9 nitrogen and oxygen atoms in total. The number of likely N-dealkylation sites (N-methyl/N-ethyl adjacent to an activating group) is 1. The quantitative estimate of drug-likeness (QED) is 0.0195. The van der Waals surface area contributed by atoms with Crippen LogP contribution < -0.4 is 5.11 Å². The Morgan fingerprint density at radius 3 is 1.18 bits per heavy atom. The number of hydrogen-bond donors (Lipinski definition) is 0. The van der Waals surface area contributed by atoms with Gasteiger partial charge in [-0.25, -0.2) is 0 Å². The average molecular weight is 1000 g/mol. The van der Waals surface area contributed by atoms with E-state index in [1.54, 1.807) is 0 Å². The Hall–Kier alpha value is -4.57. The van der Waals surface area contributed by atoms with E-state index in [1.807, 2.05) is 21.1 Å². The van der Waals surface area contributed by atoms with Crippen molar-refractivity contribution < 1.29 is 42.9 Å². The molecule has 0 aliphatic rings. The van der Waals surface area contributed by atoms with Crippen LogP contribution >= 0.6 is 0 Å². The minimum atomic E-state index is -1.64. The molecule has 2 atom stereocenters. The third-order valence-corrected chi connectivity index (χ3v) is 11.2. The van der Waals surface area contributed by atoms with Gasteiger partial charge in [-0.3, -0.25) is 9.59 Å². The zero-order valence-corrected chi connectivity index (χ0v) is 46.0. The smallest absolute Gasteiger partial charge is 0.306 e. The first-order valence-corrected chi connectivity index (χ1v) is 27.8. The van der Waals surface area contributed by atoms with Crippen molar-refractivity contribution in [1.82, 2.24) is 0 Å². The Balaban J connectivity index is 4.27. The molecule has 9 heteroatoms. The summed E-state index contributed by atoms with van der Waals surface area (Å²) in [5, 5.41) is 11.7. The highest BCUT2D eigenvalue weighted by molar-refractivity contribution is 5.70. The van der Waals surface area contributed by atoms with Crippen LogP contribution in [0.3, 0.4) is 0 Å². The van der Waals surface area contributed by atoms with Crippen LogP contribution in [0.15, 0.2) is 134 Å². The van der Waals surface area contributed by atoms with Crippen molar-refractivity contribution in [3.8, 4) is 0 Å². The second-order valence-corrected chi connectivity index (χ2v) is 19.1. The molecule has 0 radical (unpaired) electrons. The molecule has 0 fully saturated rings. The number of esters is 2. The van der Waals surface area contributed by atoms with Crippen molar-refractivity contribution in [2.75, 3.05) is 47.5 Å². The third-order valence-electron chi connectivity index (χ3n) is 11.2. The van der Waals surface area contributed by atoms with E-state index < -0.39 is 24.3 Å². The maximum atomic E-state index is 12.8. The Labute approximate surface area is 439 Å². The maximum Gasteiger partial charge on any atom is 0.306 e. The van der Waals surface area contributed by atoms with Gasteiger partial charge in [-0.15, -0.1) is 0 Å². The number of carbonyl (C=O) groups excluding carboxylic acids is 3. The molecule has 0 N–H and O–H groups in total. The van der Waals surface area contributed by atoms with E-state index >= 15 is 0 Å². The highest BCUT2D eigenvalue weighted by atomic mass is 16.7. The summed E-state index contributed by atoms with van der Waals surface area (Å²) in [6.07, 6.45) is 72.3. The minimum Gasteiger partial charge on any atom is -0.545 e. The largest absolute Gasteiger partial charge is 0.545 e. The van der Waals surface area contributed by atoms with Gasteiger partial charge in [0.25, 0.3) is 0 Å². The molecule has 0 rings (SSSR count). The number of quaternary nitrogens is 1. The minimum absolute atomic E-state index is 0.135. The SMILES string of the molecule is CC/C=C\C/C=C\C/C=C\C/C=C\C/C=C\C/C=C\C/C=C\C/C=C\C/C=C\C/C=C\C/C=C\CCCCCC(=O)OC(COC(=O)CCCCCCCCCCCC)COC(OCC[N+](C)(C)C)C(=O)[O-]. The van der Waals surface area contributed by atoms with Crippen LogP contribution in [0.25, 0.3) is 0 Å². The topological polar surface area (TPSA) is 111 Å². The van der Waals surface area contributed by atoms with Gasteiger partial charge in [0.1, 0.15) is 13.2 Å². The highest BCUT2D eigenvalue weighted by Gasteiger charge is 2.21. The summed E-state index contributed by atoms with van der Waals surface area (Å²) in [6, 6.07) is 0. The lowest BCUT2D eigenvalue weighted by atomic mass is 10.1. The monoisotopic (exact) mass is 1000 g/mol. The number of carbonyl (C=O) groups is 3. The summed E-state index contributed by atoms with van der Waals surface area (Å²) in [4.78, 5) is 37.0. The molecule has 0 aliphatic heterocycles. The van der Waals surface area contributed by atoms with Crippen LogP contribution in [0.2, 0.25) is 0 Å². The fourth-order valence-corrected chi connectivity index (χ4v) is 6.89. The van der Waals surface area contributed by atoms with Crippen LogP contribution in [0.4, 0.5) is 0 Å². The van der Waals surface area contributed by atoms with Gasteiger partial charge in [-0.1, -0.05) is 212 Å². The Bertz CT molecular complexity index is 1640. The second kappa shape index (κ2) is 52.7. The molecule has 406 valence electrons. The molecule has 0 aromatic heterocycles. The maximum absolute atomic E-state index is 12.8. The molecule has 0 aliphatic carbocycles. The van der Waals surface area contributed by atoms with E-state index in [4.69, 9.17) is 18.9 Å². The van der Waals surface area contributed by atoms with E-state index in [0.717, 1.165) is 109 Å². The molecule has 0 bridgehead atoms. The molecule has 2 unspecified atom stereocenters. The number of carboxylic acids is 1. The van der Waals surface area contributed by atoms with Crippen molar-refractivity contribution in [3.05, 3.63) is 134 Å². The van der Waals surface area contributed by atoms with Crippen LogP contribution in [0.5, 0.6) is 0 Å².